The first-order valence-electron chi connectivity index (χ1n) is 24.4. The van der Waals surface area contributed by atoms with Crippen LogP contribution in [0.4, 0.5) is 0 Å². The van der Waals surface area contributed by atoms with Gasteiger partial charge in [-0.05, 0) is 29.9 Å². The lowest BCUT2D eigenvalue weighted by Gasteiger charge is -2.43. The van der Waals surface area contributed by atoms with E-state index in [9.17, 15) is 28.8 Å². The lowest BCUT2D eigenvalue weighted by Crippen LogP contribution is -2.53. The van der Waals surface area contributed by atoms with Crippen LogP contribution in [0.2, 0.25) is 0 Å². The summed E-state index contributed by atoms with van der Waals surface area (Å²) in [5.41, 5.74) is 1.95. The van der Waals surface area contributed by atoms with Crippen LogP contribution < -0.4 is 10.6 Å². The Bertz CT molecular complexity index is 2000. The van der Waals surface area contributed by atoms with Crippen molar-refractivity contribution in [2.75, 3.05) is 19.8 Å². The summed E-state index contributed by atoms with van der Waals surface area (Å²) < 4.78 is 41.4. The summed E-state index contributed by atoms with van der Waals surface area (Å²) in [5, 5.41) is 13.8. The second-order valence-corrected chi connectivity index (χ2v) is 17.5. The SMILES string of the molecule is CCCCCCCCCCCC(=O)N[C@@H](COCc1cn(CCO[C@@H]2OC(COC(C)=O)[C@@H](C)[C@H](C)C2OC(C)=O)nn1)C(=O)N[C@H](CCC(=O)OCc1ccccc1)C(=O)OCc1ccccc1. The van der Waals surface area contributed by atoms with Crippen LogP contribution in [0.15, 0.2) is 66.9 Å². The van der Waals surface area contributed by atoms with Gasteiger partial charge in [-0.25, -0.2) is 9.48 Å². The minimum atomic E-state index is -1.25. The molecular formula is C51H73N5O13. The Labute approximate surface area is 406 Å². The van der Waals surface area contributed by atoms with Gasteiger partial charge in [0.15, 0.2) is 12.4 Å². The molecule has 2 amide bonds. The smallest absolute Gasteiger partial charge is 0.328 e. The maximum Gasteiger partial charge on any atom is 0.328 e. The number of hydrogen-bond acceptors (Lipinski definition) is 15. The van der Waals surface area contributed by atoms with Crippen molar-refractivity contribution < 1.29 is 61.9 Å². The Balaban J connectivity index is 1.37. The summed E-state index contributed by atoms with van der Waals surface area (Å²) in [7, 11) is 0. The number of rotatable bonds is 32. The Morgan fingerprint density at radius 1 is 0.725 bits per heavy atom. The van der Waals surface area contributed by atoms with Crippen molar-refractivity contribution in [1.82, 2.24) is 25.6 Å². The number of nitrogens with one attached hydrogen (secondary N) is 2. The van der Waals surface area contributed by atoms with Gasteiger partial charge in [0.05, 0.1) is 38.7 Å². The van der Waals surface area contributed by atoms with Gasteiger partial charge in [0.2, 0.25) is 11.8 Å². The van der Waals surface area contributed by atoms with Crippen molar-refractivity contribution in [1.29, 1.82) is 0 Å². The normalized spacial score (nSPS) is 18.6. The predicted molar refractivity (Wildman–Crippen MR) is 252 cm³/mol. The van der Waals surface area contributed by atoms with Crippen LogP contribution in [0.3, 0.4) is 0 Å². The van der Waals surface area contributed by atoms with Gasteiger partial charge in [-0.3, -0.25) is 24.0 Å². The summed E-state index contributed by atoms with van der Waals surface area (Å²) >= 11 is 0. The first-order chi connectivity index (χ1) is 33.3. The number of unbranched alkanes of at least 4 members (excludes halogenated alkanes) is 8. The average Bonchev–Trinajstić information content (AvgIpc) is 3.79. The first-order valence-corrected chi connectivity index (χ1v) is 24.4. The van der Waals surface area contributed by atoms with Gasteiger partial charge >= 0.3 is 23.9 Å². The molecule has 0 saturated carbocycles. The summed E-state index contributed by atoms with van der Waals surface area (Å²) in [5.74, 6) is -3.56. The molecule has 1 saturated heterocycles. The van der Waals surface area contributed by atoms with E-state index in [0.29, 0.717) is 12.1 Å². The van der Waals surface area contributed by atoms with E-state index in [1.165, 1.54) is 50.6 Å². The van der Waals surface area contributed by atoms with Crippen molar-refractivity contribution in [2.24, 2.45) is 11.8 Å². The third-order valence-corrected chi connectivity index (χ3v) is 11.9. The fourth-order valence-corrected chi connectivity index (χ4v) is 7.66. The highest BCUT2D eigenvalue weighted by molar-refractivity contribution is 5.91. The molecule has 2 N–H and O–H groups in total. The number of amides is 2. The van der Waals surface area contributed by atoms with E-state index in [0.717, 1.165) is 30.4 Å². The summed E-state index contributed by atoms with van der Waals surface area (Å²) in [6.07, 6.45) is 9.11. The lowest BCUT2D eigenvalue weighted by atomic mass is 9.83. The number of benzene rings is 2. The quantitative estimate of drug-likeness (QED) is 0.0389. The van der Waals surface area contributed by atoms with Crippen LogP contribution in [0, 0.1) is 11.8 Å². The number of aromatic nitrogens is 3. The fourth-order valence-electron chi connectivity index (χ4n) is 7.66. The van der Waals surface area contributed by atoms with E-state index >= 15 is 0 Å². The van der Waals surface area contributed by atoms with Crippen molar-refractivity contribution in [3.05, 3.63) is 83.7 Å². The van der Waals surface area contributed by atoms with E-state index in [2.05, 4.69) is 27.9 Å². The molecule has 2 unspecified atom stereocenters. The minimum Gasteiger partial charge on any atom is -0.463 e. The Morgan fingerprint density at radius 3 is 2.00 bits per heavy atom. The zero-order valence-corrected chi connectivity index (χ0v) is 41.0. The van der Waals surface area contributed by atoms with Gasteiger partial charge in [0.1, 0.15) is 37.6 Å². The molecule has 1 aliphatic rings. The van der Waals surface area contributed by atoms with Gasteiger partial charge in [0.25, 0.3) is 0 Å². The molecular weight excluding hydrogens is 891 g/mol. The second-order valence-electron chi connectivity index (χ2n) is 17.5. The topological polar surface area (TPSA) is 222 Å². The Hall–Kier alpha value is -5.72. The predicted octanol–water partition coefficient (Wildman–Crippen LogP) is 6.46. The first kappa shape index (κ1) is 55.9. The largest absolute Gasteiger partial charge is 0.463 e. The van der Waals surface area contributed by atoms with E-state index in [-0.39, 0.29) is 83.2 Å². The summed E-state index contributed by atoms with van der Waals surface area (Å²) in [6, 6.07) is 15.8. The molecule has 4 rings (SSSR count). The number of esters is 4. The van der Waals surface area contributed by atoms with Gasteiger partial charge < -0.3 is 43.8 Å². The number of hydrogen-bond donors (Lipinski definition) is 2. The van der Waals surface area contributed by atoms with Crippen molar-refractivity contribution in [3.63, 3.8) is 0 Å². The van der Waals surface area contributed by atoms with Crippen molar-refractivity contribution in [3.8, 4) is 0 Å². The van der Waals surface area contributed by atoms with E-state index < -0.39 is 60.4 Å². The molecule has 18 nitrogen and oxygen atoms in total. The third kappa shape index (κ3) is 21.6. The highest BCUT2D eigenvalue weighted by Gasteiger charge is 2.44. The zero-order valence-electron chi connectivity index (χ0n) is 41.0. The zero-order chi connectivity index (χ0) is 49.8. The average molecular weight is 964 g/mol. The number of carbonyl (C=O) groups excluding carboxylic acids is 6. The van der Waals surface area contributed by atoms with Crippen molar-refractivity contribution >= 4 is 35.7 Å². The van der Waals surface area contributed by atoms with Crippen LogP contribution in [-0.4, -0.2) is 101 Å². The molecule has 380 valence electrons. The molecule has 69 heavy (non-hydrogen) atoms. The summed E-state index contributed by atoms with van der Waals surface area (Å²) in [4.78, 5) is 77.1. The summed E-state index contributed by atoms with van der Waals surface area (Å²) in [6.45, 7) is 8.67. The Kier molecular flexibility index (Phi) is 25.4. The molecule has 0 bridgehead atoms. The molecule has 0 aliphatic carbocycles. The monoisotopic (exact) mass is 964 g/mol. The van der Waals surface area contributed by atoms with Gasteiger partial charge in [-0.2, -0.15) is 0 Å². The minimum absolute atomic E-state index is 0.0271. The molecule has 2 heterocycles. The lowest BCUT2D eigenvalue weighted by molar-refractivity contribution is -0.280. The van der Waals surface area contributed by atoms with Gasteiger partial charge in [-0.1, -0.05) is 138 Å². The highest BCUT2D eigenvalue weighted by Crippen LogP contribution is 2.33. The van der Waals surface area contributed by atoms with Crippen molar-refractivity contribution in [2.45, 2.75) is 169 Å². The fraction of sp³-hybridized carbons (Fsp3) is 0.608. The molecule has 1 aliphatic heterocycles. The molecule has 3 aromatic rings. The third-order valence-electron chi connectivity index (χ3n) is 11.9. The molecule has 0 radical (unpaired) electrons. The Morgan fingerprint density at radius 2 is 1.36 bits per heavy atom. The standard InChI is InChI=1S/C51H73N5O13/c1-6-7-8-9-10-11-12-13-20-25-46(59)52-44(49(61)53-43(50(62)67-32-41-23-18-15-19-24-41)26-27-47(60)66-31-40-21-16-14-17-22-40)34-63-33-42-30-56(55-54-42)28-29-64-51-48(68-39(5)58)37(3)36(2)45(69-51)35-65-38(4)57/h14-19,21-24,30,36-37,43-45,48,51H,6-13,20,25-29,31-35H2,1-5H3,(H,52,59)(H,53,61)/t36-,37-,43+,44-,45?,48?,51+/m0/s1. The maximum atomic E-state index is 14.0. The molecule has 0 spiro atoms. The second kappa shape index (κ2) is 31.4. The van der Waals surface area contributed by atoms with Gasteiger partial charge in [0, 0.05) is 32.6 Å². The van der Waals surface area contributed by atoms with Crippen LogP contribution in [0.1, 0.15) is 128 Å². The van der Waals surface area contributed by atoms with E-state index in [4.69, 9.17) is 33.2 Å². The van der Waals surface area contributed by atoms with Crippen LogP contribution in [-0.2, 0) is 88.3 Å². The number of ether oxygens (including phenoxy) is 7. The molecule has 1 fully saturated rings. The van der Waals surface area contributed by atoms with Crippen LogP contribution in [0.5, 0.6) is 0 Å². The molecule has 2 aromatic carbocycles. The van der Waals surface area contributed by atoms with Crippen LogP contribution in [0.25, 0.3) is 0 Å². The highest BCUT2D eigenvalue weighted by atomic mass is 16.7. The van der Waals surface area contributed by atoms with Crippen LogP contribution >= 0.6 is 0 Å². The molecule has 18 heteroatoms. The number of nitrogens with zero attached hydrogens (tertiary/aromatic N) is 3. The molecule has 7 atom stereocenters. The molecule has 1 aromatic heterocycles. The van der Waals surface area contributed by atoms with E-state index in [1.807, 2.05) is 62.4 Å². The number of carbonyl (C=O) groups is 6. The maximum absolute atomic E-state index is 14.0. The van der Waals surface area contributed by atoms with E-state index in [1.54, 1.807) is 18.3 Å². The van der Waals surface area contributed by atoms with Gasteiger partial charge in [-0.15, -0.1) is 5.10 Å².